The lowest BCUT2D eigenvalue weighted by molar-refractivity contribution is 0.0620. The van der Waals surface area contributed by atoms with Crippen molar-refractivity contribution in [2.45, 2.75) is 6.92 Å². The zero-order valence-corrected chi connectivity index (χ0v) is 16.8. The van der Waals surface area contributed by atoms with E-state index in [9.17, 15) is 4.79 Å². The molecule has 1 amide bonds. The van der Waals surface area contributed by atoms with Gasteiger partial charge in [0.1, 0.15) is 23.9 Å². The fourth-order valence-corrected chi connectivity index (χ4v) is 3.27. The standard InChI is InChI=1S/C22H28N2O4/c1-17-4-5-18(16-21(17)27-3)22(25)24-12-10-23(11-13-24)14-15-28-20-8-6-19(26-2)7-9-20/h4-9,16H,10-15H2,1-3H3. The summed E-state index contributed by atoms with van der Waals surface area (Å²) in [6.45, 7) is 6.57. The summed E-state index contributed by atoms with van der Waals surface area (Å²) in [5, 5.41) is 0. The molecule has 2 aromatic rings. The van der Waals surface area contributed by atoms with Gasteiger partial charge >= 0.3 is 0 Å². The molecule has 3 rings (SSSR count). The number of carbonyl (C=O) groups excluding carboxylic acids is 1. The topological polar surface area (TPSA) is 51.2 Å². The first-order valence-corrected chi connectivity index (χ1v) is 9.54. The number of amides is 1. The van der Waals surface area contributed by atoms with Crippen molar-refractivity contribution in [3.63, 3.8) is 0 Å². The van der Waals surface area contributed by atoms with E-state index in [4.69, 9.17) is 14.2 Å². The van der Waals surface area contributed by atoms with Crippen LogP contribution < -0.4 is 14.2 Å². The highest BCUT2D eigenvalue weighted by molar-refractivity contribution is 5.94. The third kappa shape index (κ3) is 4.95. The van der Waals surface area contributed by atoms with E-state index < -0.39 is 0 Å². The highest BCUT2D eigenvalue weighted by Crippen LogP contribution is 2.21. The van der Waals surface area contributed by atoms with Crippen molar-refractivity contribution in [1.29, 1.82) is 0 Å². The number of methoxy groups -OCH3 is 2. The van der Waals surface area contributed by atoms with Gasteiger partial charge in [-0.25, -0.2) is 0 Å². The maximum Gasteiger partial charge on any atom is 0.254 e. The predicted octanol–water partition coefficient (Wildman–Crippen LogP) is 2.85. The van der Waals surface area contributed by atoms with E-state index >= 15 is 0 Å². The summed E-state index contributed by atoms with van der Waals surface area (Å²) in [4.78, 5) is 17.0. The van der Waals surface area contributed by atoms with Crippen LogP contribution in [0.25, 0.3) is 0 Å². The maximum atomic E-state index is 12.8. The average Bonchev–Trinajstić information content (AvgIpc) is 2.74. The number of piperazine rings is 1. The summed E-state index contributed by atoms with van der Waals surface area (Å²) in [6, 6.07) is 13.2. The SMILES string of the molecule is COc1ccc(OCCN2CCN(C(=O)c3ccc(C)c(OC)c3)CC2)cc1. The molecule has 150 valence electrons. The fraction of sp³-hybridized carbons (Fsp3) is 0.409. The summed E-state index contributed by atoms with van der Waals surface area (Å²) < 4.78 is 16.3. The van der Waals surface area contributed by atoms with Gasteiger partial charge < -0.3 is 19.1 Å². The van der Waals surface area contributed by atoms with Crippen LogP contribution in [0.1, 0.15) is 15.9 Å². The smallest absolute Gasteiger partial charge is 0.254 e. The lowest BCUT2D eigenvalue weighted by atomic mass is 10.1. The summed E-state index contributed by atoms with van der Waals surface area (Å²) in [5.41, 5.74) is 1.71. The molecule has 0 saturated carbocycles. The molecule has 28 heavy (non-hydrogen) atoms. The molecule has 1 aliphatic heterocycles. The zero-order valence-electron chi connectivity index (χ0n) is 16.8. The van der Waals surface area contributed by atoms with Gasteiger partial charge in [-0.05, 0) is 48.9 Å². The van der Waals surface area contributed by atoms with Crippen LogP contribution in [0, 0.1) is 6.92 Å². The van der Waals surface area contributed by atoms with E-state index in [1.807, 2.05) is 54.3 Å². The number of rotatable bonds is 7. The molecule has 0 aliphatic carbocycles. The minimum atomic E-state index is 0.0624. The first-order chi connectivity index (χ1) is 13.6. The molecule has 0 unspecified atom stereocenters. The molecule has 0 radical (unpaired) electrons. The maximum absolute atomic E-state index is 12.8. The molecular formula is C22H28N2O4. The summed E-state index contributed by atoms with van der Waals surface area (Å²) >= 11 is 0. The van der Waals surface area contributed by atoms with Crippen molar-refractivity contribution in [1.82, 2.24) is 9.80 Å². The van der Waals surface area contributed by atoms with Gasteiger partial charge in [0.15, 0.2) is 0 Å². The highest BCUT2D eigenvalue weighted by Gasteiger charge is 2.22. The van der Waals surface area contributed by atoms with Gasteiger partial charge in [-0.15, -0.1) is 0 Å². The molecule has 0 atom stereocenters. The first kappa shape index (κ1) is 20.0. The van der Waals surface area contributed by atoms with E-state index in [2.05, 4.69) is 4.90 Å². The van der Waals surface area contributed by atoms with E-state index in [0.29, 0.717) is 12.2 Å². The normalized spacial score (nSPS) is 14.6. The van der Waals surface area contributed by atoms with Gasteiger partial charge in [-0.1, -0.05) is 6.07 Å². The summed E-state index contributed by atoms with van der Waals surface area (Å²) in [5.74, 6) is 2.47. The molecule has 1 heterocycles. The van der Waals surface area contributed by atoms with Crippen LogP contribution in [0.2, 0.25) is 0 Å². The minimum Gasteiger partial charge on any atom is -0.497 e. The van der Waals surface area contributed by atoms with Crippen molar-refractivity contribution < 1.29 is 19.0 Å². The van der Waals surface area contributed by atoms with Gasteiger partial charge in [0.2, 0.25) is 0 Å². The number of hydrogen-bond acceptors (Lipinski definition) is 5. The first-order valence-electron chi connectivity index (χ1n) is 9.54. The van der Waals surface area contributed by atoms with Gasteiger partial charge in [-0.3, -0.25) is 9.69 Å². The summed E-state index contributed by atoms with van der Waals surface area (Å²) in [7, 11) is 3.28. The Balaban J connectivity index is 1.44. The van der Waals surface area contributed by atoms with Gasteiger partial charge in [0.05, 0.1) is 14.2 Å². The second kappa shape index (κ2) is 9.46. The van der Waals surface area contributed by atoms with Crippen LogP contribution in [0.3, 0.4) is 0 Å². The Kier molecular flexibility index (Phi) is 6.76. The summed E-state index contributed by atoms with van der Waals surface area (Å²) in [6.07, 6.45) is 0. The van der Waals surface area contributed by atoms with Crippen LogP contribution in [0.5, 0.6) is 17.2 Å². The molecule has 1 saturated heterocycles. The second-order valence-corrected chi connectivity index (χ2v) is 6.84. The number of benzene rings is 2. The molecule has 0 bridgehead atoms. The Labute approximate surface area is 166 Å². The van der Waals surface area contributed by atoms with E-state index in [-0.39, 0.29) is 5.91 Å². The lowest BCUT2D eigenvalue weighted by Crippen LogP contribution is -2.49. The van der Waals surface area contributed by atoms with Crippen LogP contribution in [0.4, 0.5) is 0 Å². The zero-order chi connectivity index (χ0) is 19.9. The quantitative estimate of drug-likeness (QED) is 0.735. The molecular weight excluding hydrogens is 356 g/mol. The van der Waals surface area contributed by atoms with Crippen molar-refractivity contribution in [3.8, 4) is 17.2 Å². The second-order valence-electron chi connectivity index (χ2n) is 6.84. The molecule has 6 nitrogen and oxygen atoms in total. The highest BCUT2D eigenvalue weighted by atomic mass is 16.5. The number of ether oxygens (including phenoxy) is 3. The fourth-order valence-electron chi connectivity index (χ4n) is 3.27. The van der Waals surface area contributed by atoms with E-state index in [1.165, 1.54) is 0 Å². The number of hydrogen-bond donors (Lipinski definition) is 0. The lowest BCUT2D eigenvalue weighted by Gasteiger charge is -2.34. The minimum absolute atomic E-state index is 0.0624. The molecule has 2 aromatic carbocycles. The Morgan fingerprint density at radius 1 is 0.929 bits per heavy atom. The average molecular weight is 384 g/mol. The third-order valence-corrected chi connectivity index (χ3v) is 5.05. The van der Waals surface area contributed by atoms with Crippen LogP contribution >= 0.6 is 0 Å². The number of carbonyl (C=O) groups is 1. The molecule has 6 heteroatoms. The molecule has 0 N–H and O–H groups in total. The van der Waals surface area contributed by atoms with Gasteiger partial charge in [0.25, 0.3) is 5.91 Å². The Morgan fingerprint density at radius 3 is 2.25 bits per heavy atom. The predicted molar refractivity (Wildman–Crippen MR) is 109 cm³/mol. The van der Waals surface area contributed by atoms with E-state index in [0.717, 1.165) is 55.5 Å². The molecule has 0 spiro atoms. The van der Waals surface area contributed by atoms with Crippen LogP contribution in [0.15, 0.2) is 42.5 Å². The Morgan fingerprint density at radius 2 is 1.61 bits per heavy atom. The van der Waals surface area contributed by atoms with Crippen LogP contribution in [-0.2, 0) is 0 Å². The Bertz CT molecular complexity index is 784. The molecule has 1 aliphatic rings. The number of nitrogens with zero attached hydrogens (tertiary/aromatic N) is 2. The molecule has 1 fully saturated rings. The van der Waals surface area contributed by atoms with Crippen LogP contribution in [-0.4, -0.2) is 69.3 Å². The monoisotopic (exact) mass is 384 g/mol. The van der Waals surface area contributed by atoms with Crippen molar-refractivity contribution in [2.75, 3.05) is 53.6 Å². The van der Waals surface area contributed by atoms with Crippen molar-refractivity contribution in [3.05, 3.63) is 53.6 Å². The largest absolute Gasteiger partial charge is 0.497 e. The molecule has 0 aromatic heterocycles. The van der Waals surface area contributed by atoms with Gasteiger partial charge in [-0.2, -0.15) is 0 Å². The van der Waals surface area contributed by atoms with Crippen molar-refractivity contribution in [2.24, 2.45) is 0 Å². The van der Waals surface area contributed by atoms with Gasteiger partial charge in [0, 0.05) is 38.3 Å². The Hall–Kier alpha value is -2.73. The van der Waals surface area contributed by atoms with Crippen molar-refractivity contribution >= 4 is 5.91 Å². The third-order valence-electron chi connectivity index (χ3n) is 5.05. The van der Waals surface area contributed by atoms with E-state index in [1.54, 1.807) is 14.2 Å². The number of aryl methyl sites for hydroxylation is 1.